The third-order valence-corrected chi connectivity index (χ3v) is 4.15. The molecule has 1 amide bonds. The normalized spacial score (nSPS) is 16.9. The van der Waals surface area contributed by atoms with Gasteiger partial charge in [-0.05, 0) is 13.0 Å². The molecule has 2 aromatic heterocycles. The van der Waals surface area contributed by atoms with Crippen LogP contribution in [0.4, 0.5) is 10.6 Å². The molecule has 1 fully saturated rings. The number of ether oxygens (including phenoxy) is 2. The minimum Gasteiger partial charge on any atom is -0.619 e. The monoisotopic (exact) mass is 374 g/mol. The maximum atomic E-state index is 11.2. The molecule has 3 rings (SSSR count). The number of amides is 1. The smallest absolute Gasteiger partial charge is 0.257 e. The zero-order valence-corrected chi connectivity index (χ0v) is 14.9. The fraction of sp³-hybridized carbons (Fsp3) is 0.412. The van der Waals surface area contributed by atoms with E-state index in [1.54, 1.807) is 18.3 Å². The van der Waals surface area contributed by atoms with E-state index in [2.05, 4.69) is 9.97 Å². The van der Waals surface area contributed by atoms with Crippen LogP contribution in [0, 0.1) is 5.21 Å². The van der Waals surface area contributed by atoms with Crippen molar-refractivity contribution in [2.24, 2.45) is 0 Å². The largest absolute Gasteiger partial charge is 0.619 e. The van der Waals surface area contributed by atoms with Crippen molar-refractivity contribution < 1.29 is 24.1 Å². The fourth-order valence-electron chi connectivity index (χ4n) is 2.88. The summed E-state index contributed by atoms with van der Waals surface area (Å²) in [6, 6.07) is 3.05. The Hall–Kier alpha value is -3.30. The van der Waals surface area contributed by atoms with Gasteiger partial charge in [-0.2, -0.15) is 4.73 Å². The summed E-state index contributed by atoms with van der Waals surface area (Å²) in [5, 5.41) is 22.3. The van der Waals surface area contributed by atoms with Gasteiger partial charge >= 0.3 is 0 Å². The molecule has 10 heteroatoms. The van der Waals surface area contributed by atoms with Crippen LogP contribution < -0.4 is 24.2 Å². The number of carbonyl (C=O) groups excluding carboxylic acids is 1. The topological polar surface area (TPSA) is 118 Å². The molecule has 1 saturated heterocycles. The minimum atomic E-state index is -1.17. The average Bonchev–Trinajstić information content (AvgIpc) is 2.65. The second kappa shape index (κ2) is 8.39. The average molecular weight is 374 g/mol. The van der Waals surface area contributed by atoms with Crippen LogP contribution in [0.5, 0.6) is 11.6 Å². The number of hydrogen-bond donors (Lipinski definition) is 0. The van der Waals surface area contributed by atoms with E-state index in [0.29, 0.717) is 41.8 Å². The Bertz CT molecular complexity index is 790. The summed E-state index contributed by atoms with van der Waals surface area (Å²) in [6.07, 6.45) is 4.61. The van der Waals surface area contributed by atoms with Crippen molar-refractivity contribution in [3.8, 4) is 11.6 Å². The van der Waals surface area contributed by atoms with E-state index >= 15 is 0 Å². The van der Waals surface area contributed by atoms with E-state index < -0.39 is 6.09 Å². The van der Waals surface area contributed by atoms with E-state index in [1.807, 2.05) is 11.8 Å². The van der Waals surface area contributed by atoms with Crippen LogP contribution in [0.1, 0.15) is 6.92 Å². The maximum Gasteiger partial charge on any atom is 0.257 e. The molecule has 27 heavy (non-hydrogen) atoms. The van der Waals surface area contributed by atoms with Crippen molar-refractivity contribution in [2.45, 2.75) is 13.0 Å². The molecule has 144 valence electrons. The Balaban J connectivity index is 1.57. The highest BCUT2D eigenvalue weighted by atomic mass is 16.5. The van der Waals surface area contributed by atoms with E-state index in [9.17, 15) is 15.1 Å². The molecule has 10 nitrogen and oxygen atoms in total. The molecule has 0 radical (unpaired) electrons. The Labute approximate surface area is 156 Å². The highest BCUT2D eigenvalue weighted by molar-refractivity contribution is 5.64. The van der Waals surface area contributed by atoms with Crippen LogP contribution in [0.3, 0.4) is 0 Å². The number of carboxylic acid groups (broad SMARTS) is 1. The lowest BCUT2D eigenvalue weighted by Crippen LogP contribution is -2.57. The summed E-state index contributed by atoms with van der Waals surface area (Å²) < 4.78 is 11.8. The summed E-state index contributed by atoms with van der Waals surface area (Å²) in [4.78, 5) is 22.9. The number of aromatic nitrogens is 3. The first-order chi connectivity index (χ1) is 13.0. The summed E-state index contributed by atoms with van der Waals surface area (Å²) in [6.45, 7) is 3.52. The quantitative estimate of drug-likeness (QED) is 0.374. The molecule has 2 aromatic rings. The van der Waals surface area contributed by atoms with Crippen LogP contribution in [-0.2, 0) is 0 Å². The lowest BCUT2D eigenvalue weighted by atomic mass is 10.2. The number of hydrogen-bond acceptors (Lipinski definition) is 8. The molecule has 0 aliphatic carbocycles. The molecule has 1 aliphatic rings. The third kappa shape index (κ3) is 4.66. The Kier molecular flexibility index (Phi) is 5.74. The molecule has 0 spiro atoms. The maximum absolute atomic E-state index is 11.2. The van der Waals surface area contributed by atoms with Gasteiger partial charge in [-0.25, -0.2) is 9.97 Å². The number of nitrogens with zero attached hydrogens (tertiary/aromatic N) is 5. The van der Waals surface area contributed by atoms with Crippen LogP contribution in [-0.4, -0.2) is 59.9 Å². The zero-order chi connectivity index (χ0) is 19.2. The summed E-state index contributed by atoms with van der Waals surface area (Å²) >= 11 is 0. The number of carbonyl (C=O) groups is 1. The van der Waals surface area contributed by atoms with Crippen molar-refractivity contribution >= 4 is 11.9 Å². The number of anilines is 1. The van der Waals surface area contributed by atoms with Gasteiger partial charge in [0.2, 0.25) is 6.20 Å². The van der Waals surface area contributed by atoms with E-state index in [1.165, 1.54) is 23.5 Å². The van der Waals surface area contributed by atoms with E-state index in [4.69, 9.17) is 9.47 Å². The number of piperazine rings is 1. The predicted molar refractivity (Wildman–Crippen MR) is 92.2 cm³/mol. The Morgan fingerprint density at radius 3 is 2.81 bits per heavy atom. The van der Waals surface area contributed by atoms with Crippen LogP contribution >= 0.6 is 0 Å². The standard InChI is InChI=1S/C17H21N5O5/c1-13-11-20(7-8-22(13)17(23)24)15-16(19-5-4-18-15)27-10-9-26-14-3-2-6-21(25)12-14/h2-6,12-13H,7-11H2,1H3,(H,23,24)/p-1. The zero-order valence-electron chi connectivity index (χ0n) is 14.9. The molecule has 0 N–H and O–H groups in total. The second-order valence-electron chi connectivity index (χ2n) is 6.04. The molecule has 0 bridgehead atoms. The van der Waals surface area contributed by atoms with E-state index in [0.717, 1.165) is 0 Å². The number of pyridine rings is 1. The third-order valence-electron chi connectivity index (χ3n) is 4.15. The SMILES string of the molecule is CC1CN(c2nccnc2OCCOc2ccc[n+]([O-])c2)CCN1C(=O)[O-]. The summed E-state index contributed by atoms with van der Waals surface area (Å²) in [5.41, 5.74) is 0. The lowest BCUT2D eigenvalue weighted by molar-refractivity contribution is -0.605. The van der Waals surface area contributed by atoms with Crippen molar-refractivity contribution in [2.75, 3.05) is 37.7 Å². The first kappa shape index (κ1) is 18.5. The van der Waals surface area contributed by atoms with E-state index in [-0.39, 0.29) is 19.3 Å². The van der Waals surface area contributed by atoms with Gasteiger partial charge in [0.05, 0.1) is 0 Å². The predicted octanol–water partition coefficient (Wildman–Crippen LogP) is -0.578. The summed E-state index contributed by atoms with van der Waals surface area (Å²) in [7, 11) is 0. The Morgan fingerprint density at radius 2 is 2.07 bits per heavy atom. The molecule has 1 atom stereocenters. The van der Waals surface area contributed by atoms with Crippen molar-refractivity contribution in [1.82, 2.24) is 14.9 Å². The van der Waals surface area contributed by atoms with Crippen LogP contribution in [0.15, 0.2) is 36.9 Å². The fourth-order valence-corrected chi connectivity index (χ4v) is 2.88. The first-order valence-electron chi connectivity index (χ1n) is 8.52. The molecule has 1 unspecified atom stereocenters. The van der Waals surface area contributed by atoms with Gasteiger partial charge in [-0.1, -0.05) is 0 Å². The molecular formula is C17H20N5O5-. The molecule has 1 aliphatic heterocycles. The highest BCUT2D eigenvalue weighted by Gasteiger charge is 2.26. The van der Waals surface area contributed by atoms with Crippen LogP contribution in [0.2, 0.25) is 0 Å². The lowest BCUT2D eigenvalue weighted by Gasteiger charge is -2.41. The molecule has 3 heterocycles. The van der Waals surface area contributed by atoms with Gasteiger partial charge in [-0.15, -0.1) is 0 Å². The van der Waals surface area contributed by atoms with Gasteiger partial charge in [-0.3, -0.25) is 0 Å². The van der Waals surface area contributed by atoms with Gasteiger partial charge < -0.3 is 34.4 Å². The minimum absolute atomic E-state index is 0.216. The van der Waals surface area contributed by atoms with Crippen LogP contribution in [0.25, 0.3) is 0 Å². The van der Waals surface area contributed by atoms with Gasteiger partial charge in [0.25, 0.3) is 5.88 Å². The summed E-state index contributed by atoms with van der Waals surface area (Å²) in [5.74, 6) is 1.35. The van der Waals surface area contributed by atoms with Crippen molar-refractivity contribution in [3.63, 3.8) is 0 Å². The molecule has 0 saturated carbocycles. The van der Waals surface area contributed by atoms with Gasteiger partial charge in [0.15, 0.2) is 17.8 Å². The molecule has 0 aromatic carbocycles. The highest BCUT2D eigenvalue weighted by Crippen LogP contribution is 2.25. The molecular weight excluding hydrogens is 354 g/mol. The number of rotatable bonds is 6. The van der Waals surface area contributed by atoms with Crippen molar-refractivity contribution in [1.29, 1.82) is 0 Å². The first-order valence-corrected chi connectivity index (χ1v) is 8.52. The van der Waals surface area contributed by atoms with Gasteiger partial charge in [0, 0.05) is 44.1 Å². The van der Waals surface area contributed by atoms with Crippen molar-refractivity contribution in [3.05, 3.63) is 42.1 Å². The Morgan fingerprint density at radius 1 is 1.30 bits per heavy atom. The van der Waals surface area contributed by atoms with Gasteiger partial charge in [0.1, 0.15) is 19.3 Å². The second-order valence-corrected chi connectivity index (χ2v) is 6.04.